The number of fused-ring (bicyclic) bond motifs is 2. The van der Waals surface area contributed by atoms with Crippen LogP contribution in [0, 0.1) is 0 Å². The first-order valence-corrected chi connectivity index (χ1v) is 9.29. The first-order chi connectivity index (χ1) is 13.4. The van der Waals surface area contributed by atoms with Gasteiger partial charge >= 0.3 is 5.97 Å². The van der Waals surface area contributed by atoms with E-state index in [2.05, 4.69) is 27.4 Å². The number of hydrogen-bond acceptors (Lipinski definition) is 10. The molecule has 2 saturated heterocycles. The van der Waals surface area contributed by atoms with Crippen molar-refractivity contribution >= 4 is 23.0 Å². The Bertz CT molecular complexity index is 871. The highest BCUT2D eigenvalue weighted by molar-refractivity contribution is 5.81. The number of aromatic nitrogens is 4. The molecule has 4 rings (SSSR count). The Morgan fingerprint density at radius 1 is 1.32 bits per heavy atom. The molecule has 152 valence electrons. The zero-order valence-electron chi connectivity index (χ0n) is 16.0. The molecule has 0 radical (unpaired) electrons. The number of rotatable bonds is 6. The SMILES string of the molecule is CCCCNOC(=O)[C@H]1O[C@@H](n2cnc3c(N)ncnc32)[C@@H]2OC(C)(C)O[C@@H]21. The molecule has 2 fully saturated rings. The number of nitrogens with zero attached hydrogens (tertiary/aromatic N) is 4. The maximum absolute atomic E-state index is 12.6. The first kappa shape index (κ1) is 19.0. The topological polar surface area (TPSA) is 136 Å². The monoisotopic (exact) mass is 392 g/mol. The number of carbonyl (C=O) groups is 1. The molecule has 0 bridgehead atoms. The summed E-state index contributed by atoms with van der Waals surface area (Å²) in [5.41, 5.74) is 9.47. The summed E-state index contributed by atoms with van der Waals surface area (Å²) in [6.07, 6.45) is 1.96. The molecule has 28 heavy (non-hydrogen) atoms. The number of nitrogen functional groups attached to an aromatic ring is 1. The van der Waals surface area contributed by atoms with Crippen molar-refractivity contribution in [3.63, 3.8) is 0 Å². The van der Waals surface area contributed by atoms with E-state index in [0.717, 1.165) is 12.8 Å². The lowest BCUT2D eigenvalue weighted by Gasteiger charge is -2.24. The molecule has 11 nitrogen and oxygen atoms in total. The predicted octanol–water partition coefficient (Wildman–Crippen LogP) is 0.674. The van der Waals surface area contributed by atoms with E-state index in [1.807, 2.05) is 0 Å². The van der Waals surface area contributed by atoms with Gasteiger partial charge in [-0.05, 0) is 20.3 Å². The molecule has 4 atom stereocenters. The molecule has 0 unspecified atom stereocenters. The van der Waals surface area contributed by atoms with E-state index < -0.39 is 36.3 Å². The van der Waals surface area contributed by atoms with Crippen LogP contribution in [-0.4, -0.2) is 56.1 Å². The summed E-state index contributed by atoms with van der Waals surface area (Å²) in [5.74, 6) is -1.16. The fourth-order valence-corrected chi connectivity index (χ4v) is 3.48. The fourth-order valence-electron chi connectivity index (χ4n) is 3.48. The Labute approximate surface area is 161 Å². The van der Waals surface area contributed by atoms with Crippen LogP contribution in [0.15, 0.2) is 12.7 Å². The Hall–Kier alpha value is -2.34. The van der Waals surface area contributed by atoms with Crippen molar-refractivity contribution in [1.82, 2.24) is 25.0 Å². The van der Waals surface area contributed by atoms with Gasteiger partial charge in [0.05, 0.1) is 6.33 Å². The minimum absolute atomic E-state index is 0.262. The van der Waals surface area contributed by atoms with E-state index >= 15 is 0 Å². The number of carbonyl (C=O) groups excluding carboxylic acids is 1. The second kappa shape index (κ2) is 7.24. The average Bonchev–Trinajstić information content (AvgIpc) is 3.30. The van der Waals surface area contributed by atoms with Crippen LogP contribution in [0.25, 0.3) is 11.2 Å². The third kappa shape index (κ3) is 3.30. The molecule has 0 aromatic carbocycles. The molecule has 2 aromatic heterocycles. The third-order valence-electron chi connectivity index (χ3n) is 4.73. The van der Waals surface area contributed by atoms with E-state index in [4.69, 9.17) is 24.8 Å². The van der Waals surface area contributed by atoms with Gasteiger partial charge in [-0.15, -0.1) is 0 Å². The number of hydrogen-bond donors (Lipinski definition) is 2. The third-order valence-corrected chi connectivity index (χ3v) is 4.73. The van der Waals surface area contributed by atoms with Crippen molar-refractivity contribution in [1.29, 1.82) is 0 Å². The standard InChI is InChI=1S/C17H24N6O5/c1-4-5-6-22-28-16(24)12-10-11(27-17(2,3)26-10)15(25-12)23-8-21-9-13(18)19-7-20-14(9)23/h7-8,10-12,15,22H,4-6H2,1-3H3,(H2,18,19,20)/t10-,11+,12-,15+/m0/s1. The number of imidazole rings is 1. The Morgan fingerprint density at radius 3 is 2.89 bits per heavy atom. The lowest BCUT2D eigenvalue weighted by molar-refractivity contribution is -0.206. The Kier molecular flexibility index (Phi) is 4.91. The largest absolute Gasteiger partial charge is 0.382 e. The van der Waals surface area contributed by atoms with Crippen molar-refractivity contribution in [2.45, 2.75) is 63.9 Å². The van der Waals surface area contributed by atoms with Gasteiger partial charge in [0.25, 0.3) is 0 Å². The minimum atomic E-state index is -0.956. The molecule has 2 aromatic rings. The molecule has 2 aliphatic heterocycles. The average molecular weight is 392 g/mol. The highest BCUT2D eigenvalue weighted by Crippen LogP contribution is 2.44. The second-order valence-electron chi connectivity index (χ2n) is 7.26. The summed E-state index contributed by atoms with van der Waals surface area (Å²) in [5, 5.41) is 0. The summed E-state index contributed by atoms with van der Waals surface area (Å²) in [4.78, 5) is 30.2. The van der Waals surface area contributed by atoms with Crippen molar-refractivity contribution in [2.24, 2.45) is 0 Å². The van der Waals surface area contributed by atoms with Gasteiger partial charge in [0.1, 0.15) is 24.1 Å². The summed E-state index contributed by atoms with van der Waals surface area (Å²) in [6, 6.07) is 0. The zero-order chi connectivity index (χ0) is 19.9. The maximum Gasteiger partial charge on any atom is 0.356 e. The van der Waals surface area contributed by atoms with Crippen LogP contribution in [-0.2, 0) is 23.8 Å². The van der Waals surface area contributed by atoms with Gasteiger partial charge in [-0.1, -0.05) is 13.3 Å². The molecule has 11 heteroatoms. The zero-order valence-corrected chi connectivity index (χ0v) is 16.0. The van der Waals surface area contributed by atoms with Crippen molar-refractivity contribution in [2.75, 3.05) is 12.3 Å². The predicted molar refractivity (Wildman–Crippen MR) is 96.5 cm³/mol. The summed E-state index contributed by atoms with van der Waals surface area (Å²) in [7, 11) is 0. The van der Waals surface area contributed by atoms with Gasteiger partial charge < -0.3 is 24.8 Å². The summed E-state index contributed by atoms with van der Waals surface area (Å²) >= 11 is 0. The Balaban J connectivity index is 1.60. The first-order valence-electron chi connectivity index (χ1n) is 9.29. The highest BCUT2D eigenvalue weighted by Gasteiger charge is 2.59. The normalized spacial score (nSPS) is 28.5. The van der Waals surface area contributed by atoms with Crippen LogP contribution in [0.2, 0.25) is 0 Å². The quantitative estimate of drug-likeness (QED) is 0.533. The van der Waals surface area contributed by atoms with Gasteiger partial charge in [0.2, 0.25) is 0 Å². The van der Waals surface area contributed by atoms with E-state index in [1.165, 1.54) is 6.33 Å². The smallest absolute Gasteiger partial charge is 0.356 e. The highest BCUT2D eigenvalue weighted by atomic mass is 16.8. The lowest BCUT2D eigenvalue weighted by atomic mass is 10.1. The molecule has 2 aliphatic rings. The molecule has 0 aliphatic carbocycles. The van der Waals surface area contributed by atoms with E-state index in [-0.39, 0.29) is 5.82 Å². The van der Waals surface area contributed by atoms with Gasteiger partial charge in [-0.2, -0.15) is 5.48 Å². The molecular formula is C17H24N6O5. The second-order valence-corrected chi connectivity index (χ2v) is 7.26. The van der Waals surface area contributed by atoms with Gasteiger partial charge in [0.15, 0.2) is 29.6 Å². The van der Waals surface area contributed by atoms with E-state index in [9.17, 15) is 4.79 Å². The molecule has 0 amide bonds. The summed E-state index contributed by atoms with van der Waals surface area (Å²) in [6.45, 7) is 6.20. The Morgan fingerprint density at radius 2 is 2.11 bits per heavy atom. The number of ether oxygens (including phenoxy) is 3. The fraction of sp³-hybridized carbons (Fsp3) is 0.647. The van der Waals surface area contributed by atoms with Crippen LogP contribution in [0.1, 0.15) is 39.8 Å². The number of anilines is 1. The van der Waals surface area contributed by atoms with Crippen LogP contribution in [0.5, 0.6) is 0 Å². The minimum Gasteiger partial charge on any atom is -0.382 e. The van der Waals surface area contributed by atoms with Gasteiger partial charge in [0, 0.05) is 6.54 Å². The summed E-state index contributed by atoms with van der Waals surface area (Å²) < 4.78 is 19.6. The molecule has 0 saturated carbocycles. The molecule has 4 heterocycles. The van der Waals surface area contributed by atoms with Crippen LogP contribution in [0.4, 0.5) is 5.82 Å². The van der Waals surface area contributed by atoms with Crippen molar-refractivity contribution in [3.05, 3.63) is 12.7 Å². The number of nitrogens with one attached hydrogen (secondary N) is 1. The van der Waals surface area contributed by atoms with E-state index in [1.54, 1.807) is 24.7 Å². The number of hydroxylamine groups is 1. The van der Waals surface area contributed by atoms with Crippen molar-refractivity contribution < 1.29 is 23.8 Å². The maximum atomic E-state index is 12.6. The molecule has 0 spiro atoms. The van der Waals surface area contributed by atoms with Gasteiger partial charge in [-0.3, -0.25) is 4.57 Å². The number of nitrogens with two attached hydrogens (primary N) is 1. The van der Waals surface area contributed by atoms with Crippen LogP contribution in [0.3, 0.4) is 0 Å². The van der Waals surface area contributed by atoms with Crippen LogP contribution >= 0.6 is 0 Å². The van der Waals surface area contributed by atoms with Crippen molar-refractivity contribution in [3.8, 4) is 0 Å². The molecular weight excluding hydrogens is 368 g/mol. The van der Waals surface area contributed by atoms with Gasteiger partial charge in [-0.25, -0.2) is 19.7 Å². The van der Waals surface area contributed by atoms with Crippen LogP contribution < -0.4 is 11.2 Å². The lowest BCUT2D eigenvalue weighted by Crippen LogP contribution is -2.39. The van der Waals surface area contributed by atoms with E-state index in [0.29, 0.717) is 17.7 Å². The molecule has 3 N–H and O–H groups in total. The number of unbranched alkanes of at least 4 members (excludes halogenated alkanes) is 1.